The van der Waals surface area contributed by atoms with Crippen LogP contribution in [-0.2, 0) is 9.53 Å². The van der Waals surface area contributed by atoms with Crippen LogP contribution in [0.2, 0.25) is 0 Å². The molecule has 102 valence electrons. The number of hydrogen-bond donors (Lipinski definition) is 4. The molecular weight excluding hydrogens is 244 g/mol. The molecule has 8 heteroatoms. The molecule has 0 aromatic rings. The summed E-state index contributed by atoms with van der Waals surface area (Å²) in [5.74, 6) is -0.813. The van der Waals surface area contributed by atoms with Crippen molar-refractivity contribution < 1.29 is 29.6 Å². The first kappa shape index (κ1) is 13.2. The van der Waals surface area contributed by atoms with Crippen LogP contribution in [0.5, 0.6) is 0 Å². The third kappa shape index (κ3) is 2.07. The second kappa shape index (κ2) is 4.81. The zero-order valence-electron chi connectivity index (χ0n) is 9.81. The number of amides is 3. The van der Waals surface area contributed by atoms with Crippen LogP contribution in [0.25, 0.3) is 0 Å². The molecule has 2 heterocycles. The monoisotopic (exact) mass is 260 g/mol. The fraction of sp³-hybridized carbons (Fsp3) is 0.800. The van der Waals surface area contributed by atoms with Crippen molar-refractivity contribution in [3.63, 3.8) is 0 Å². The summed E-state index contributed by atoms with van der Waals surface area (Å²) in [5, 5.41) is 30.5. The molecule has 5 atom stereocenters. The van der Waals surface area contributed by atoms with Gasteiger partial charge in [-0.3, -0.25) is 15.0 Å². The zero-order valence-corrected chi connectivity index (χ0v) is 9.81. The molecule has 3 amide bonds. The van der Waals surface area contributed by atoms with Crippen LogP contribution in [0.4, 0.5) is 4.79 Å². The molecule has 2 fully saturated rings. The maximum Gasteiger partial charge on any atom is 0.326 e. The molecule has 0 saturated carbocycles. The summed E-state index contributed by atoms with van der Waals surface area (Å²) < 4.78 is 5.23. The Kier molecular flexibility index (Phi) is 3.53. The molecule has 0 radical (unpaired) electrons. The van der Waals surface area contributed by atoms with Gasteiger partial charge < -0.3 is 20.1 Å². The van der Waals surface area contributed by atoms with E-state index in [9.17, 15) is 19.8 Å². The molecular formula is C10H16N2O6. The number of ether oxygens (including phenoxy) is 1. The smallest absolute Gasteiger partial charge is 0.326 e. The van der Waals surface area contributed by atoms with Crippen LogP contribution < -0.4 is 5.32 Å². The number of aliphatic hydroxyl groups excluding tert-OH is 3. The van der Waals surface area contributed by atoms with Crippen molar-refractivity contribution in [2.75, 3.05) is 13.2 Å². The first-order valence-corrected chi connectivity index (χ1v) is 5.69. The fourth-order valence-electron chi connectivity index (χ4n) is 2.12. The third-order valence-electron chi connectivity index (χ3n) is 3.23. The number of urea groups is 1. The quantitative estimate of drug-likeness (QED) is 0.440. The average Bonchev–Trinajstić information content (AvgIpc) is 2.61. The Balaban J connectivity index is 2.12. The Morgan fingerprint density at radius 3 is 2.61 bits per heavy atom. The lowest BCUT2D eigenvalue weighted by Gasteiger charge is -2.35. The van der Waals surface area contributed by atoms with E-state index in [4.69, 9.17) is 9.84 Å². The van der Waals surface area contributed by atoms with Crippen LogP contribution in [0.1, 0.15) is 6.92 Å². The van der Waals surface area contributed by atoms with E-state index < -0.39 is 43.1 Å². The molecule has 0 bridgehead atoms. The number of hydrogen-bond acceptors (Lipinski definition) is 6. The molecule has 2 rings (SSSR count). The van der Waals surface area contributed by atoms with Gasteiger partial charge in [0, 0.05) is 6.54 Å². The van der Waals surface area contributed by atoms with Crippen LogP contribution >= 0.6 is 0 Å². The maximum absolute atomic E-state index is 11.6. The molecule has 2 aliphatic heterocycles. The van der Waals surface area contributed by atoms with E-state index in [1.165, 1.54) is 0 Å². The molecule has 0 spiro atoms. The summed E-state index contributed by atoms with van der Waals surface area (Å²) in [6, 6.07) is -0.673. The largest absolute Gasteiger partial charge is 0.394 e. The standard InChI is InChI=1S/C10H16N2O6/c1-4-2-12(10(17)11-8(4)16)9-7(15)6(14)5(3-13)18-9/h4-7,9,13-15H,2-3H2,1H3,(H,11,16,17)/t4?,5-,6-,7-,9-/m0/s1. The van der Waals surface area contributed by atoms with Crippen LogP contribution in [0.15, 0.2) is 0 Å². The summed E-state index contributed by atoms with van der Waals surface area (Å²) in [6.07, 6.45) is -4.58. The van der Waals surface area contributed by atoms with Gasteiger partial charge >= 0.3 is 6.03 Å². The number of nitrogens with one attached hydrogen (secondary N) is 1. The van der Waals surface area contributed by atoms with Crippen molar-refractivity contribution in [2.24, 2.45) is 5.92 Å². The van der Waals surface area contributed by atoms with Gasteiger partial charge in [-0.25, -0.2) is 4.79 Å². The van der Waals surface area contributed by atoms with E-state index in [0.717, 1.165) is 4.90 Å². The molecule has 18 heavy (non-hydrogen) atoms. The van der Waals surface area contributed by atoms with Crippen LogP contribution in [0, 0.1) is 5.92 Å². The SMILES string of the molecule is CC1CN([C@H]2O[C@@H](CO)[C@H](O)[C@@H]2O)C(=O)NC1=O. The van der Waals surface area contributed by atoms with Crippen LogP contribution in [-0.4, -0.2) is 69.8 Å². The molecule has 0 aromatic carbocycles. The second-order valence-corrected chi connectivity index (χ2v) is 4.58. The van der Waals surface area contributed by atoms with Gasteiger partial charge in [-0.1, -0.05) is 6.92 Å². The molecule has 2 aliphatic rings. The van der Waals surface area contributed by atoms with Gasteiger partial charge in [0.2, 0.25) is 5.91 Å². The van der Waals surface area contributed by atoms with Gasteiger partial charge in [0.15, 0.2) is 6.23 Å². The number of carbonyl (C=O) groups is 2. The number of rotatable bonds is 2. The topological polar surface area (TPSA) is 119 Å². The molecule has 4 N–H and O–H groups in total. The highest BCUT2D eigenvalue weighted by molar-refractivity contribution is 5.97. The van der Waals surface area contributed by atoms with Crippen molar-refractivity contribution in [1.29, 1.82) is 0 Å². The fourth-order valence-corrected chi connectivity index (χ4v) is 2.12. The Bertz CT molecular complexity index is 362. The van der Waals surface area contributed by atoms with E-state index in [0.29, 0.717) is 0 Å². The van der Waals surface area contributed by atoms with Crippen LogP contribution in [0.3, 0.4) is 0 Å². The minimum Gasteiger partial charge on any atom is -0.394 e. The number of carbonyl (C=O) groups excluding carboxylic acids is 2. The lowest BCUT2D eigenvalue weighted by molar-refractivity contribution is -0.130. The van der Waals surface area contributed by atoms with Gasteiger partial charge in [0.05, 0.1) is 12.5 Å². The highest BCUT2D eigenvalue weighted by Gasteiger charge is 2.48. The van der Waals surface area contributed by atoms with Crippen molar-refractivity contribution in [2.45, 2.75) is 31.5 Å². The first-order valence-electron chi connectivity index (χ1n) is 5.69. The summed E-state index contributed by atoms with van der Waals surface area (Å²) in [6.45, 7) is 1.27. The Morgan fingerprint density at radius 1 is 1.39 bits per heavy atom. The van der Waals surface area contributed by atoms with Gasteiger partial charge in [0.25, 0.3) is 0 Å². The predicted molar refractivity (Wildman–Crippen MR) is 57.2 cm³/mol. The van der Waals surface area contributed by atoms with Gasteiger partial charge in [-0.15, -0.1) is 0 Å². The number of nitrogens with zero attached hydrogens (tertiary/aromatic N) is 1. The van der Waals surface area contributed by atoms with E-state index in [1.807, 2.05) is 0 Å². The molecule has 1 unspecified atom stereocenters. The van der Waals surface area contributed by atoms with E-state index in [1.54, 1.807) is 6.92 Å². The highest BCUT2D eigenvalue weighted by atomic mass is 16.6. The second-order valence-electron chi connectivity index (χ2n) is 4.58. The summed E-state index contributed by atoms with van der Waals surface area (Å²) in [4.78, 5) is 24.1. The van der Waals surface area contributed by atoms with E-state index in [-0.39, 0.29) is 12.5 Å². The third-order valence-corrected chi connectivity index (χ3v) is 3.23. The Hall–Kier alpha value is -1.22. The van der Waals surface area contributed by atoms with E-state index in [2.05, 4.69) is 5.32 Å². The minimum absolute atomic E-state index is 0.0945. The first-order chi connectivity index (χ1) is 8.45. The van der Waals surface area contributed by atoms with Gasteiger partial charge in [-0.2, -0.15) is 0 Å². The maximum atomic E-state index is 11.6. The molecule has 2 saturated heterocycles. The van der Waals surface area contributed by atoms with Crippen molar-refractivity contribution >= 4 is 11.9 Å². The number of aliphatic hydroxyl groups is 3. The lowest BCUT2D eigenvalue weighted by Crippen LogP contribution is -2.59. The summed E-state index contributed by atoms with van der Waals surface area (Å²) >= 11 is 0. The van der Waals surface area contributed by atoms with Crippen molar-refractivity contribution in [3.05, 3.63) is 0 Å². The average molecular weight is 260 g/mol. The molecule has 0 aromatic heterocycles. The summed E-state index contributed by atoms with van der Waals surface area (Å²) in [7, 11) is 0. The number of imide groups is 1. The molecule has 8 nitrogen and oxygen atoms in total. The molecule has 0 aliphatic carbocycles. The predicted octanol–water partition coefficient (Wildman–Crippen LogP) is -2.39. The minimum atomic E-state index is -1.31. The van der Waals surface area contributed by atoms with Crippen molar-refractivity contribution in [1.82, 2.24) is 10.2 Å². The normalized spacial score (nSPS) is 41.1. The summed E-state index contributed by atoms with van der Waals surface area (Å²) in [5.41, 5.74) is 0. The Morgan fingerprint density at radius 2 is 2.06 bits per heavy atom. The van der Waals surface area contributed by atoms with Gasteiger partial charge in [-0.05, 0) is 0 Å². The van der Waals surface area contributed by atoms with Gasteiger partial charge in [0.1, 0.15) is 18.3 Å². The lowest BCUT2D eigenvalue weighted by atomic mass is 10.1. The van der Waals surface area contributed by atoms with E-state index >= 15 is 0 Å². The highest BCUT2D eigenvalue weighted by Crippen LogP contribution is 2.25. The zero-order chi connectivity index (χ0) is 13.4. The van der Waals surface area contributed by atoms with Crippen molar-refractivity contribution in [3.8, 4) is 0 Å². The Labute approximate surface area is 103 Å².